The number of fused-ring (bicyclic) bond motifs is 1. The van der Waals surface area contributed by atoms with Gasteiger partial charge in [0.15, 0.2) is 0 Å². The van der Waals surface area contributed by atoms with Gasteiger partial charge in [0.25, 0.3) is 5.56 Å². The second-order valence-electron chi connectivity index (χ2n) is 5.78. The van der Waals surface area contributed by atoms with Gasteiger partial charge in [0.05, 0.1) is 11.2 Å². The number of hydrogen-bond acceptors (Lipinski definition) is 7. The third kappa shape index (κ3) is 2.91. The number of aromatic hydroxyl groups is 1. The first-order valence-electron chi connectivity index (χ1n) is 8.10. The van der Waals surface area contributed by atoms with Crippen LogP contribution in [-0.2, 0) is 7.05 Å². The molecule has 0 saturated carbocycles. The Labute approximate surface area is 153 Å². The molecule has 0 bridgehead atoms. The van der Waals surface area contributed by atoms with E-state index in [1.807, 2.05) is 30.3 Å². The van der Waals surface area contributed by atoms with Crippen LogP contribution in [0.5, 0.6) is 5.75 Å². The molecule has 0 aliphatic rings. The van der Waals surface area contributed by atoms with E-state index in [9.17, 15) is 9.90 Å². The molecule has 0 atom stereocenters. The summed E-state index contributed by atoms with van der Waals surface area (Å²) in [7, 11) is 1.63. The highest BCUT2D eigenvalue weighted by molar-refractivity contribution is 6.14. The van der Waals surface area contributed by atoms with Crippen molar-refractivity contribution in [1.82, 2.24) is 25.2 Å². The first-order valence-corrected chi connectivity index (χ1v) is 8.10. The van der Waals surface area contributed by atoms with Gasteiger partial charge in [0, 0.05) is 12.4 Å². The number of tetrazole rings is 1. The van der Waals surface area contributed by atoms with Gasteiger partial charge in [0.1, 0.15) is 17.0 Å². The van der Waals surface area contributed by atoms with Gasteiger partial charge in [-0.3, -0.25) is 10.2 Å². The zero-order valence-corrected chi connectivity index (χ0v) is 14.3. The van der Waals surface area contributed by atoms with Crippen LogP contribution in [0.25, 0.3) is 10.9 Å². The number of rotatable bonds is 4. The van der Waals surface area contributed by atoms with Crippen molar-refractivity contribution in [3.63, 3.8) is 0 Å². The molecule has 0 aliphatic heterocycles. The highest BCUT2D eigenvalue weighted by Crippen LogP contribution is 2.27. The Morgan fingerprint density at radius 3 is 2.63 bits per heavy atom. The number of hydrazone groups is 1. The van der Waals surface area contributed by atoms with E-state index in [2.05, 4.69) is 31.2 Å². The molecule has 4 rings (SSSR count). The Kier molecular flexibility index (Phi) is 4.09. The first kappa shape index (κ1) is 16.5. The predicted molar refractivity (Wildman–Crippen MR) is 101 cm³/mol. The Morgan fingerprint density at radius 2 is 1.89 bits per heavy atom. The maximum absolute atomic E-state index is 13.0. The van der Waals surface area contributed by atoms with Gasteiger partial charge in [-0.15, -0.1) is 10.2 Å². The van der Waals surface area contributed by atoms with E-state index in [0.29, 0.717) is 16.6 Å². The summed E-state index contributed by atoms with van der Waals surface area (Å²) in [5.41, 5.74) is 3.81. The first-order chi connectivity index (χ1) is 13.2. The summed E-state index contributed by atoms with van der Waals surface area (Å²) in [6, 6.07) is 16.3. The molecule has 2 heterocycles. The molecule has 2 aromatic heterocycles. The molecule has 0 fully saturated rings. The van der Waals surface area contributed by atoms with E-state index >= 15 is 0 Å². The van der Waals surface area contributed by atoms with Crippen LogP contribution in [0.4, 0.5) is 5.69 Å². The molecule has 0 spiro atoms. The standard InChI is InChI=1S/C18H15N7O2/c1-25-13-10-6-5-9-12(13)16(26)14(18(25)27)15(17-21-23-24-22-17)20-19-11-7-3-2-4-8-11/h2-10,19,26H,1H3,(H,21,22,23,24)/b20-15-. The van der Waals surface area contributed by atoms with Gasteiger partial charge in [0.2, 0.25) is 5.82 Å². The fraction of sp³-hybridized carbons (Fsp3) is 0.0556. The minimum atomic E-state index is -0.426. The van der Waals surface area contributed by atoms with Crippen molar-refractivity contribution in [2.24, 2.45) is 12.1 Å². The molecular formula is C18H15N7O2. The highest BCUT2D eigenvalue weighted by Gasteiger charge is 2.23. The number of pyridine rings is 1. The normalized spacial score (nSPS) is 11.7. The molecule has 2 aromatic carbocycles. The summed E-state index contributed by atoms with van der Waals surface area (Å²) in [5.74, 6) is -0.103. The Hall–Kier alpha value is -4.01. The van der Waals surface area contributed by atoms with Gasteiger partial charge in [-0.2, -0.15) is 10.3 Å². The second-order valence-corrected chi connectivity index (χ2v) is 5.78. The van der Waals surface area contributed by atoms with Crippen molar-refractivity contribution in [3.05, 3.63) is 76.3 Å². The van der Waals surface area contributed by atoms with Crippen molar-refractivity contribution >= 4 is 22.3 Å². The summed E-state index contributed by atoms with van der Waals surface area (Å²) < 4.78 is 1.45. The SMILES string of the molecule is Cn1c(=O)c(/C(=N/Nc2ccccc2)c2nn[nH]n2)c(O)c2ccccc21. The number of aromatic nitrogens is 5. The largest absolute Gasteiger partial charge is 0.506 e. The Balaban J connectivity index is 1.95. The summed E-state index contributed by atoms with van der Waals surface area (Å²) >= 11 is 0. The molecule has 27 heavy (non-hydrogen) atoms. The molecule has 9 nitrogen and oxygen atoms in total. The molecule has 3 N–H and O–H groups in total. The van der Waals surface area contributed by atoms with Gasteiger partial charge in [-0.25, -0.2) is 0 Å². The lowest BCUT2D eigenvalue weighted by atomic mass is 10.1. The number of nitrogens with zero attached hydrogens (tertiary/aromatic N) is 5. The maximum atomic E-state index is 13.0. The number of aromatic amines is 1. The van der Waals surface area contributed by atoms with Crippen molar-refractivity contribution in [3.8, 4) is 5.75 Å². The summed E-state index contributed by atoms with van der Waals surface area (Å²) in [5, 5.41) is 29.3. The van der Waals surface area contributed by atoms with Crippen molar-refractivity contribution in [1.29, 1.82) is 0 Å². The summed E-state index contributed by atoms with van der Waals surface area (Å²) in [4.78, 5) is 13.0. The Morgan fingerprint density at radius 1 is 1.15 bits per heavy atom. The molecule has 9 heteroatoms. The highest BCUT2D eigenvalue weighted by atomic mass is 16.3. The van der Waals surface area contributed by atoms with Gasteiger partial charge in [-0.05, 0) is 29.5 Å². The Bertz CT molecular complexity index is 1180. The van der Waals surface area contributed by atoms with Crippen LogP contribution in [0, 0.1) is 0 Å². The monoisotopic (exact) mass is 361 g/mol. The van der Waals surface area contributed by atoms with Crippen molar-refractivity contribution in [2.45, 2.75) is 0 Å². The molecule has 0 amide bonds. The van der Waals surface area contributed by atoms with Gasteiger partial charge in [-0.1, -0.05) is 30.3 Å². The fourth-order valence-electron chi connectivity index (χ4n) is 2.81. The molecular weight excluding hydrogens is 346 g/mol. The zero-order valence-electron chi connectivity index (χ0n) is 14.3. The minimum absolute atomic E-state index is 0.0129. The van der Waals surface area contributed by atoms with Crippen LogP contribution in [0.1, 0.15) is 11.4 Å². The van der Waals surface area contributed by atoms with E-state index in [-0.39, 0.29) is 22.8 Å². The lowest BCUT2D eigenvalue weighted by Gasteiger charge is -2.12. The number of nitrogens with one attached hydrogen (secondary N) is 2. The molecule has 0 aliphatic carbocycles. The van der Waals surface area contributed by atoms with Crippen molar-refractivity contribution in [2.75, 3.05) is 5.43 Å². The van der Waals surface area contributed by atoms with Crippen LogP contribution in [-0.4, -0.2) is 36.0 Å². The van der Waals surface area contributed by atoms with E-state index in [1.165, 1.54) is 4.57 Å². The lowest BCUT2D eigenvalue weighted by Crippen LogP contribution is -2.27. The predicted octanol–water partition coefficient (Wildman–Crippen LogP) is 1.62. The number of para-hydroxylation sites is 2. The van der Waals surface area contributed by atoms with Crippen LogP contribution < -0.4 is 11.0 Å². The lowest BCUT2D eigenvalue weighted by molar-refractivity contribution is 0.478. The number of anilines is 1. The van der Waals surface area contributed by atoms with Crippen LogP contribution >= 0.6 is 0 Å². The maximum Gasteiger partial charge on any atom is 0.264 e. The fourth-order valence-corrected chi connectivity index (χ4v) is 2.81. The molecule has 0 unspecified atom stereocenters. The number of H-pyrrole nitrogens is 1. The van der Waals surface area contributed by atoms with E-state index < -0.39 is 5.56 Å². The third-order valence-electron chi connectivity index (χ3n) is 4.14. The van der Waals surface area contributed by atoms with E-state index in [4.69, 9.17) is 0 Å². The van der Waals surface area contributed by atoms with E-state index in [1.54, 1.807) is 31.3 Å². The molecule has 134 valence electrons. The third-order valence-corrected chi connectivity index (χ3v) is 4.14. The average molecular weight is 361 g/mol. The second kappa shape index (κ2) is 6.71. The van der Waals surface area contributed by atoms with Gasteiger partial charge < -0.3 is 9.67 Å². The number of aryl methyl sites for hydroxylation is 1. The number of hydrogen-bond donors (Lipinski definition) is 3. The molecule has 4 aromatic rings. The van der Waals surface area contributed by atoms with Crippen LogP contribution in [0.15, 0.2) is 64.5 Å². The summed E-state index contributed by atoms with van der Waals surface area (Å²) in [6.45, 7) is 0. The topological polar surface area (TPSA) is 121 Å². The summed E-state index contributed by atoms with van der Waals surface area (Å²) in [6.07, 6.45) is 0. The molecule has 0 saturated heterocycles. The average Bonchev–Trinajstić information content (AvgIpc) is 3.24. The van der Waals surface area contributed by atoms with Gasteiger partial charge >= 0.3 is 0 Å². The number of benzene rings is 2. The zero-order chi connectivity index (χ0) is 18.8. The van der Waals surface area contributed by atoms with E-state index in [0.717, 1.165) is 0 Å². The minimum Gasteiger partial charge on any atom is -0.506 e. The van der Waals surface area contributed by atoms with Crippen molar-refractivity contribution < 1.29 is 5.11 Å². The van der Waals surface area contributed by atoms with Crippen LogP contribution in [0.3, 0.4) is 0 Å². The molecule has 0 radical (unpaired) electrons. The smallest absolute Gasteiger partial charge is 0.264 e. The van der Waals surface area contributed by atoms with Crippen LogP contribution in [0.2, 0.25) is 0 Å². The quantitative estimate of drug-likeness (QED) is 0.375.